The Kier molecular flexibility index (Phi) is 3.76. The van der Waals surface area contributed by atoms with E-state index in [0.717, 1.165) is 21.3 Å². The Morgan fingerprint density at radius 2 is 2.06 bits per heavy atom. The number of nitrogens with one attached hydrogen (secondary N) is 1. The van der Waals surface area contributed by atoms with Crippen molar-refractivity contribution in [2.24, 2.45) is 0 Å². The Bertz CT molecular complexity index is 542. The van der Waals surface area contributed by atoms with E-state index in [1.807, 2.05) is 26.0 Å². The minimum atomic E-state index is -0.117. The molecular weight excluding hydrogens is 296 g/mol. The first-order valence-corrected chi connectivity index (χ1v) is 6.26. The van der Waals surface area contributed by atoms with Crippen LogP contribution < -0.4 is 5.32 Å². The Hall–Kier alpha value is -1.69. The molecule has 0 saturated heterocycles. The molecule has 0 saturated carbocycles. The second kappa shape index (κ2) is 5.30. The standard InChI is InChI=1S/C12H13BrN4O/c1-8-5-10(13)6-9(2)12(8)15-11(18)7-17-4-3-14-16-17/h3-6H,7H2,1-2H3,(H,15,18). The van der Waals surface area contributed by atoms with Crippen molar-refractivity contribution in [1.29, 1.82) is 0 Å². The summed E-state index contributed by atoms with van der Waals surface area (Å²) in [6.45, 7) is 4.08. The molecule has 0 fully saturated rings. The van der Waals surface area contributed by atoms with Crippen LogP contribution in [0.25, 0.3) is 0 Å². The number of amides is 1. The van der Waals surface area contributed by atoms with Crippen LogP contribution in [0.1, 0.15) is 11.1 Å². The molecule has 1 heterocycles. The number of anilines is 1. The summed E-state index contributed by atoms with van der Waals surface area (Å²) in [7, 11) is 0. The molecule has 0 spiro atoms. The maximum absolute atomic E-state index is 11.9. The van der Waals surface area contributed by atoms with Crippen molar-refractivity contribution in [3.05, 3.63) is 40.1 Å². The minimum absolute atomic E-state index is 0.117. The van der Waals surface area contributed by atoms with Gasteiger partial charge in [0.1, 0.15) is 6.54 Å². The number of rotatable bonds is 3. The van der Waals surface area contributed by atoms with Crippen molar-refractivity contribution < 1.29 is 4.79 Å². The molecule has 0 atom stereocenters. The van der Waals surface area contributed by atoms with Gasteiger partial charge in [0.25, 0.3) is 0 Å². The average molecular weight is 309 g/mol. The van der Waals surface area contributed by atoms with Crippen molar-refractivity contribution >= 4 is 27.5 Å². The lowest BCUT2D eigenvalue weighted by Crippen LogP contribution is -2.20. The van der Waals surface area contributed by atoms with Gasteiger partial charge in [-0.3, -0.25) is 4.79 Å². The van der Waals surface area contributed by atoms with Gasteiger partial charge in [0.15, 0.2) is 0 Å². The zero-order valence-corrected chi connectivity index (χ0v) is 11.7. The highest BCUT2D eigenvalue weighted by molar-refractivity contribution is 9.10. The van der Waals surface area contributed by atoms with E-state index in [1.165, 1.54) is 4.68 Å². The first kappa shape index (κ1) is 12.8. The van der Waals surface area contributed by atoms with Crippen molar-refractivity contribution in [2.45, 2.75) is 20.4 Å². The van der Waals surface area contributed by atoms with Crippen LogP contribution in [0.3, 0.4) is 0 Å². The number of aryl methyl sites for hydroxylation is 2. The lowest BCUT2D eigenvalue weighted by atomic mass is 10.1. The summed E-state index contributed by atoms with van der Waals surface area (Å²) >= 11 is 3.43. The van der Waals surface area contributed by atoms with Crippen LogP contribution in [0.4, 0.5) is 5.69 Å². The summed E-state index contributed by atoms with van der Waals surface area (Å²) in [6.07, 6.45) is 3.20. The first-order valence-electron chi connectivity index (χ1n) is 5.47. The van der Waals surface area contributed by atoms with E-state index in [-0.39, 0.29) is 12.5 Å². The lowest BCUT2D eigenvalue weighted by Gasteiger charge is -2.12. The summed E-state index contributed by atoms with van der Waals surface area (Å²) < 4.78 is 2.49. The zero-order chi connectivity index (χ0) is 13.1. The van der Waals surface area contributed by atoms with E-state index in [4.69, 9.17) is 0 Å². The molecule has 1 aromatic heterocycles. The zero-order valence-electron chi connectivity index (χ0n) is 10.1. The van der Waals surface area contributed by atoms with Crippen molar-refractivity contribution in [2.75, 3.05) is 5.32 Å². The number of carbonyl (C=O) groups is 1. The smallest absolute Gasteiger partial charge is 0.246 e. The number of hydrogen-bond acceptors (Lipinski definition) is 3. The van der Waals surface area contributed by atoms with Crippen LogP contribution in [0.2, 0.25) is 0 Å². The van der Waals surface area contributed by atoms with E-state index in [1.54, 1.807) is 12.4 Å². The van der Waals surface area contributed by atoms with Gasteiger partial charge >= 0.3 is 0 Å². The van der Waals surface area contributed by atoms with Gasteiger partial charge < -0.3 is 5.32 Å². The van der Waals surface area contributed by atoms with Gasteiger partial charge in [-0.25, -0.2) is 4.68 Å². The maximum Gasteiger partial charge on any atom is 0.246 e. The molecule has 1 N–H and O–H groups in total. The molecule has 2 rings (SSSR count). The fourth-order valence-corrected chi connectivity index (χ4v) is 2.44. The molecule has 0 aliphatic carbocycles. The van der Waals surface area contributed by atoms with E-state index >= 15 is 0 Å². The summed E-state index contributed by atoms with van der Waals surface area (Å²) in [4.78, 5) is 11.9. The molecule has 0 aliphatic rings. The number of halogens is 1. The second-order valence-corrected chi connectivity index (χ2v) is 4.98. The van der Waals surface area contributed by atoms with Crippen LogP contribution >= 0.6 is 15.9 Å². The molecule has 1 aromatic carbocycles. The van der Waals surface area contributed by atoms with Crippen LogP contribution in [0.15, 0.2) is 29.0 Å². The van der Waals surface area contributed by atoms with Gasteiger partial charge in [0.2, 0.25) is 5.91 Å². The Labute approximate surface area is 113 Å². The van der Waals surface area contributed by atoms with Crippen LogP contribution in [-0.4, -0.2) is 20.9 Å². The largest absolute Gasteiger partial charge is 0.324 e. The fourth-order valence-electron chi connectivity index (χ4n) is 1.75. The first-order chi connectivity index (χ1) is 8.56. The highest BCUT2D eigenvalue weighted by atomic mass is 79.9. The summed E-state index contributed by atoms with van der Waals surface area (Å²) in [5.41, 5.74) is 2.89. The van der Waals surface area contributed by atoms with Gasteiger partial charge in [-0.15, -0.1) is 5.10 Å². The van der Waals surface area contributed by atoms with Gasteiger partial charge in [-0.2, -0.15) is 0 Å². The maximum atomic E-state index is 11.9. The number of carbonyl (C=O) groups excluding carboxylic acids is 1. The molecule has 0 aliphatic heterocycles. The lowest BCUT2D eigenvalue weighted by molar-refractivity contribution is -0.116. The van der Waals surface area contributed by atoms with Gasteiger partial charge in [0, 0.05) is 16.4 Å². The molecule has 2 aromatic rings. The third kappa shape index (κ3) is 2.95. The minimum Gasteiger partial charge on any atom is -0.324 e. The number of nitrogens with zero attached hydrogens (tertiary/aromatic N) is 3. The highest BCUT2D eigenvalue weighted by Crippen LogP contribution is 2.24. The quantitative estimate of drug-likeness (QED) is 0.946. The monoisotopic (exact) mass is 308 g/mol. The summed E-state index contributed by atoms with van der Waals surface area (Å²) in [5, 5.41) is 10.3. The second-order valence-electron chi connectivity index (χ2n) is 4.06. The van der Waals surface area contributed by atoms with E-state index in [2.05, 4.69) is 31.6 Å². The third-order valence-electron chi connectivity index (χ3n) is 2.54. The molecule has 5 nitrogen and oxygen atoms in total. The van der Waals surface area contributed by atoms with Gasteiger partial charge in [-0.1, -0.05) is 21.1 Å². The molecule has 0 unspecified atom stereocenters. The Morgan fingerprint density at radius 3 is 2.61 bits per heavy atom. The average Bonchev–Trinajstić information content (AvgIpc) is 2.76. The van der Waals surface area contributed by atoms with E-state index in [0.29, 0.717) is 0 Å². The van der Waals surface area contributed by atoms with Crippen molar-refractivity contribution in [1.82, 2.24) is 15.0 Å². The number of hydrogen-bond donors (Lipinski definition) is 1. The fraction of sp³-hybridized carbons (Fsp3) is 0.250. The molecule has 0 bridgehead atoms. The predicted octanol–water partition coefficient (Wildman–Crippen LogP) is 2.30. The highest BCUT2D eigenvalue weighted by Gasteiger charge is 2.09. The molecule has 1 amide bonds. The normalized spacial score (nSPS) is 10.4. The third-order valence-corrected chi connectivity index (χ3v) is 3.00. The van der Waals surface area contributed by atoms with E-state index in [9.17, 15) is 4.79 Å². The topological polar surface area (TPSA) is 59.8 Å². The molecule has 6 heteroatoms. The molecular formula is C12H13BrN4O. The van der Waals surface area contributed by atoms with Crippen molar-refractivity contribution in [3.8, 4) is 0 Å². The molecule has 94 valence electrons. The molecule has 18 heavy (non-hydrogen) atoms. The van der Waals surface area contributed by atoms with Crippen LogP contribution in [0.5, 0.6) is 0 Å². The number of aromatic nitrogens is 3. The summed E-state index contributed by atoms with van der Waals surface area (Å²) in [5.74, 6) is -0.117. The van der Waals surface area contributed by atoms with Crippen LogP contribution in [-0.2, 0) is 11.3 Å². The summed E-state index contributed by atoms with van der Waals surface area (Å²) in [6, 6.07) is 3.94. The van der Waals surface area contributed by atoms with Gasteiger partial charge in [0.05, 0.1) is 6.20 Å². The SMILES string of the molecule is Cc1cc(Br)cc(C)c1NC(=O)Cn1ccnn1. The Morgan fingerprint density at radius 1 is 1.39 bits per heavy atom. The Balaban J connectivity index is 2.12. The van der Waals surface area contributed by atoms with E-state index < -0.39 is 0 Å². The van der Waals surface area contributed by atoms with Crippen LogP contribution in [0, 0.1) is 13.8 Å². The predicted molar refractivity (Wildman–Crippen MR) is 72.3 cm³/mol. The molecule has 0 radical (unpaired) electrons. The number of benzene rings is 1. The van der Waals surface area contributed by atoms with Gasteiger partial charge in [-0.05, 0) is 37.1 Å². The van der Waals surface area contributed by atoms with Crippen molar-refractivity contribution in [3.63, 3.8) is 0 Å².